The second kappa shape index (κ2) is 7.58. The van der Waals surface area contributed by atoms with Crippen molar-refractivity contribution in [2.45, 2.75) is 51.5 Å². The van der Waals surface area contributed by atoms with Gasteiger partial charge in [-0.05, 0) is 51.0 Å². The van der Waals surface area contributed by atoms with Gasteiger partial charge >= 0.3 is 6.18 Å². The van der Waals surface area contributed by atoms with Crippen molar-refractivity contribution in [3.8, 4) is 0 Å². The summed E-state index contributed by atoms with van der Waals surface area (Å²) >= 11 is 0. The summed E-state index contributed by atoms with van der Waals surface area (Å²) in [5.41, 5.74) is 3.26. The average Bonchev–Trinajstić information content (AvgIpc) is 2.76. The third-order valence-electron chi connectivity index (χ3n) is 6.38. The Bertz CT molecular complexity index is 1170. The highest BCUT2D eigenvalue weighted by molar-refractivity contribution is 5.93. The lowest BCUT2D eigenvalue weighted by Gasteiger charge is -2.54. The number of pyridine rings is 1. The highest BCUT2D eigenvalue weighted by Crippen LogP contribution is 2.40. The SMILES string of the molecule is Cc1nc2c(C)nnc(N[C@H](C)c3cccc(C(F)(F)F)c3)c2cc1N1C2COCC1C2. The highest BCUT2D eigenvalue weighted by Gasteiger charge is 2.43. The van der Waals surface area contributed by atoms with Crippen LogP contribution in [0.5, 0.6) is 0 Å². The van der Waals surface area contributed by atoms with Crippen molar-refractivity contribution in [1.82, 2.24) is 15.2 Å². The molecule has 168 valence electrons. The quantitative estimate of drug-likeness (QED) is 0.624. The second-order valence-electron chi connectivity index (χ2n) is 8.60. The van der Waals surface area contributed by atoms with Gasteiger partial charge in [0.15, 0.2) is 5.82 Å². The number of aryl methyl sites for hydroxylation is 2. The normalized spacial score (nSPS) is 21.4. The van der Waals surface area contributed by atoms with E-state index in [1.54, 1.807) is 6.07 Å². The molecule has 9 heteroatoms. The second-order valence-corrected chi connectivity index (χ2v) is 8.60. The molecule has 2 aliphatic rings. The van der Waals surface area contributed by atoms with Crippen LogP contribution in [0.25, 0.3) is 10.9 Å². The molecule has 2 saturated heterocycles. The number of anilines is 2. The van der Waals surface area contributed by atoms with E-state index >= 15 is 0 Å². The molecule has 5 rings (SSSR count). The molecule has 2 fully saturated rings. The first-order chi connectivity index (χ1) is 15.2. The molecule has 0 amide bonds. The maximum Gasteiger partial charge on any atom is 0.416 e. The predicted molar refractivity (Wildman–Crippen MR) is 116 cm³/mol. The Morgan fingerprint density at radius 2 is 1.84 bits per heavy atom. The fourth-order valence-electron chi connectivity index (χ4n) is 4.65. The van der Waals surface area contributed by atoms with Gasteiger partial charge in [-0.2, -0.15) is 18.3 Å². The van der Waals surface area contributed by atoms with E-state index in [4.69, 9.17) is 9.72 Å². The Morgan fingerprint density at radius 1 is 1.09 bits per heavy atom. The summed E-state index contributed by atoms with van der Waals surface area (Å²) in [6, 6.07) is 7.70. The average molecular weight is 443 g/mol. The molecule has 32 heavy (non-hydrogen) atoms. The Balaban J connectivity index is 1.51. The van der Waals surface area contributed by atoms with E-state index in [0.29, 0.717) is 42.4 Å². The number of rotatable bonds is 4. The van der Waals surface area contributed by atoms with Crippen molar-refractivity contribution < 1.29 is 17.9 Å². The van der Waals surface area contributed by atoms with E-state index in [-0.39, 0.29) is 0 Å². The largest absolute Gasteiger partial charge is 0.416 e. The number of morpholine rings is 1. The van der Waals surface area contributed by atoms with Crippen molar-refractivity contribution >= 4 is 22.4 Å². The van der Waals surface area contributed by atoms with E-state index in [1.807, 2.05) is 20.8 Å². The van der Waals surface area contributed by atoms with Crippen molar-refractivity contribution in [3.05, 3.63) is 52.8 Å². The van der Waals surface area contributed by atoms with Gasteiger partial charge in [0, 0.05) is 5.39 Å². The first-order valence-electron chi connectivity index (χ1n) is 10.7. The number of nitrogens with zero attached hydrogens (tertiary/aromatic N) is 4. The van der Waals surface area contributed by atoms with Crippen molar-refractivity contribution in [2.75, 3.05) is 23.4 Å². The minimum Gasteiger partial charge on any atom is -0.377 e. The number of hydrogen-bond donors (Lipinski definition) is 1. The lowest BCUT2D eigenvalue weighted by atomic mass is 9.90. The molecule has 0 spiro atoms. The molecule has 4 heterocycles. The standard InChI is InChI=1S/C23H24F3N5O/c1-12(15-5-4-6-16(7-15)23(24,25)26)28-22-19-9-20(31-17-8-18(31)11-32-10-17)13(2)27-21(19)14(3)29-30-22/h4-7,9,12,17-18H,8,10-11H2,1-3H3,(H,28,30)/t12-,17?,18?/m1/s1. The molecule has 2 unspecified atom stereocenters. The molecular weight excluding hydrogens is 419 g/mol. The predicted octanol–water partition coefficient (Wildman–Crippen LogP) is 4.81. The summed E-state index contributed by atoms with van der Waals surface area (Å²) in [5, 5.41) is 12.6. The monoisotopic (exact) mass is 443 g/mol. The van der Waals surface area contributed by atoms with Crippen LogP contribution in [0.4, 0.5) is 24.7 Å². The summed E-state index contributed by atoms with van der Waals surface area (Å²) in [6.45, 7) is 7.07. The maximum absolute atomic E-state index is 13.1. The van der Waals surface area contributed by atoms with Gasteiger partial charge < -0.3 is 15.0 Å². The van der Waals surface area contributed by atoms with Gasteiger partial charge in [-0.25, -0.2) is 4.98 Å². The number of nitrogens with one attached hydrogen (secondary N) is 1. The number of halogens is 3. The first-order valence-corrected chi connectivity index (χ1v) is 10.7. The van der Waals surface area contributed by atoms with Crippen LogP contribution in [0.15, 0.2) is 30.3 Å². The van der Waals surface area contributed by atoms with E-state index in [9.17, 15) is 13.2 Å². The van der Waals surface area contributed by atoms with Crippen molar-refractivity contribution in [1.29, 1.82) is 0 Å². The maximum atomic E-state index is 13.1. The van der Waals surface area contributed by atoms with Crippen LogP contribution in [0, 0.1) is 13.8 Å². The zero-order chi connectivity index (χ0) is 22.6. The molecule has 0 radical (unpaired) electrons. The summed E-state index contributed by atoms with van der Waals surface area (Å²) in [7, 11) is 0. The molecule has 3 atom stereocenters. The number of aromatic nitrogens is 3. The Morgan fingerprint density at radius 3 is 2.53 bits per heavy atom. The Labute approximate surface area is 183 Å². The number of benzene rings is 1. The minimum atomic E-state index is -4.39. The molecule has 2 aromatic heterocycles. The third-order valence-corrected chi connectivity index (χ3v) is 6.38. The van der Waals surface area contributed by atoms with Gasteiger partial charge in [-0.1, -0.05) is 12.1 Å². The number of alkyl halides is 3. The molecule has 2 aliphatic heterocycles. The first kappa shape index (κ1) is 20.9. The van der Waals surface area contributed by atoms with Gasteiger partial charge in [-0.3, -0.25) is 0 Å². The number of fused-ring (bicyclic) bond motifs is 3. The molecule has 6 nitrogen and oxygen atoms in total. The Hall–Kier alpha value is -2.94. The summed E-state index contributed by atoms with van der Waals surface area (Å²) < 4.78 is 45.0. The van der Waals surface area contributed by atoms with Crippen molar-refractivity contribution in [2.24, 2.45) is 0 Å². The molecular formula is C23H24F3N5O. The third kappa shape index (κ3) is 3.54. The Kier molecular flexibility index (Phi) is 4.96. The van der Waals surface area contributed by atoms with Gasteiger partial charge in [0.05, 0.1) is 59.5 Å². The summed E-state index contributed by atoms with van der Waals surface area (Å²) in [6.07, 6.45) is -3.27. The van der Waals surface area contributed by atoms with E-state index < -0.39 is 17.8 Å². The smallest absolute Gasteiger partial charge is 0.377 e. The molecule has 1 N–H and O–H groups in total. The number of hydrogen-bond acceptors (Lipinski definition) is 6. The van der Waals surface area contributed by atoms with E-state index in [1.165, 1.54) is 6.07 Å². The molecule has 0 saturated carbocycles. The van der Waals surface area contributed by atoms with E-state index in [2.05, 4.69) is 26.5 Å². The summed E-state index contributed by atoms with van der Waals surface area (Å²) in [4.78, 5) is 7.18. The van der Waals surface area contributed by atoms with Crippen LogP contribution in [-0.2, 0) is 10.9 Å². The zero-order valence-corrected chi connectivity index (χ0v) is 18.1. The van der Waals surface area contributed by atoms with Gasteiger partial charge in [0.25, 0.3) is 0 Å². The van der Waals surface area contributed by atoms with Gasteiger partial charge in [0.2, 0.25) is 0 Å². The van der Waals surface area contributed by atoms with Crippen molar-refractivity contribution in [3.63, 3.8) is 0 Å². The lowest BCUT2D eigenvalue weighted by molar-refractivity contribution is -0.137. The van der Waals surface area contributed by atoms with Crippen LogP contribution < -0.4 is 10.2 Å². The highest BCUT2D eigenvalue weighted by atomic mass is 19.4. The lowest BCUT2D eigenvalue weighted by Crippen LogP contribution is -2.64. The summed E-state index contributed by atoms with van der Waals surface area (Å²) in [5.74, 6) is 0.506. The fourth-order valence-corrected chi connectivity index (χ4v) is 4.65. The van der Waals surface area contributed by atoms with Crippen LogP contribution in [-0.4, -0.2) is 40.5 Å². The van der Waals surface area contributed by atoms with Gasteiger partial charge in [0.1, 0.15) is 0 Å². The number of ether oxygens (including phenoxy) is 1. The minimum absolute atomic E-state index is 0.350. The van der Waals surface area contributed by atoms with E-state index in [0.717, 1.165) is 40.8 Å². The molecule has 0 aliphatic carbocycles. The van der Waals surface area contributed by atoms with Crippen LogP contribution in [0.3, 0.4) is 0 Å². The van der Waals surface area contributed by atoms with Crippen LogP contribution in [0.1, 0.15) is 41.9 Å². The van der Waals surface area contributed by atoms with Crippen LogP contribution in [0.2, 0.25) is 0 Å². The molecule has 3 aromatic rings. The molecule has 2 bridgehead atoms. The topological polar surface area (TPSA) is 63.2 Å². The zero-order valence-electron chi connectivity index (χ0n) is 18.1. The van der Waals surface area contributed by atoms with Gasteiger partial charge in [-0.15, -0.1) is 5.10 Å². The fraction of sp³-hybridized carbons (Fsp3) is 0.435. The van der Waals surface area contributed by atoms with Crippen LogP contribution >= 0.6 is 0 Å². The molecule has 1 aromatic carbocycles.